The molecule has 2 aromatic carbocycles. The zero-order valence-corrected chi connectivity index (χ0v) is 32.1. The number of anilines is 2. The molecular formula is C39H54N2O10Si. The third kappa shape index (κ3) is 7.38. The van der Waals surface area contributed by atoms with Crippen molar-refractivity contribution in [3.8, 4) is 5.75 Å². The van der Waals surface area contributed by atoms with E-state index in [1.165, 1.54) is 5.57 Å². The zero-order valence-electron chi connectivity index (χ0n) is 31.1. The molecule has 3 heterocycles. The Morgan fingerprint density at radius 2 is 1.71 bits per heavy atom. The lowest BCUT2D eigenvalue weighted by Crippen LogP contribution is -2.60. The van der Waals surface area contributed by atoms with E-state index >= 15 is 0 Å². The quantitative estimate of drug-likeness (QED) is 0.140. The lowest BCUT2D eigenvalue weighted by molar-refractivity contribution is -0.274. The van der Waals surface area contributed by atoms with Crippen LogP contribution in [-0.2, 0) is 24.7 Å². The molecule has 0 saturated carbocycles. The van der Waals surface area contributed by atoms with Gasteiger partial charge in [-0.05, 0) is 75.9 Å². The maximum atomic E-state index is 15.0. The predicted octanol–water partition coefficient (Wildman–Crippen LogP) is 3.07. The fraction of sp³-hybridized carbons (Fsp3) is 0.538. The van der Waals surface area contributed by atoms with Gasteiger partial charge >= 0.3 is 0 Å². The molecule has 0 bridgehead atoms. The van der Waals surface area contributed by atoms with E-state index in [2.05, 4.69) is 56.5 Å². The first kappa shape index (κ1) is 39.8. The molecular weight excluding hydrogens is 685 g/mol. The van der Waals surface area contributed by atoms with Crippen LogP contribution in [0.3, 0.4) is 0 Å². The van der Waals surface area contributed by atoms with Crippen LogP contribution in [-0.4, -0.2) is 102 Å². The van der Waals surface area contributed by atoms with E-state index in [9.17, 15) is 35.1 Å². The van der Waals surface area contributed by atoms with Gasteiger partial charge in [0.2, 0.25) is 0 Å². The van der Waals surface area contributed by atoms with Crippen LogP contribution in [0.4, 0.5) is 11.4 Å². The number of fused-ring (bicyclic) bond motifs is 2. The summed E-state index contributed by atoms with van der Waals surface area (Å²) in [5.74, 6) is -0.670. The Morgan fingerprint density at radius 3 is 2.35 bits per heavy atom. The molecule has 284 valence electrons. The van der Waals surface area contributed by atoms with E-state index in [4.69, 9.17) is 14.2 Å². The first-order valence-corrected chi connectivity index (χ1v) is 21.0. The largest absolute Gasteiger partial charge is 0.497 e. The minimum Gasteiger partial charge on any atom is -0.497 e. The fourth-order valence-electron chi connectivity index (χ4n) is 8.20. The van der Waals surface area contributed by atoms with Crippen molar-refractivity contribution in [1.29, 1.82) is 0 Å². The van der Waals surface area contributed by atoms with Crippen LogP contribution >= 0.6 is 0 Å². The first-order valence-electron chi connectivity index (χ1n) is 18.0. The molecule has 3 aliphatic rings. The third-order valence-electron chi connectivity index (χ3n) is 11.1. The van der Waals surface area contributed by atoms with Gasteiger partial charge in [0.1, 0.15) is 24.1 Å². The molecule has 9 atom stereocenters. The summed E-state index contributed by atoms with van der Waals surface area (Å²) in [6.45, 7) is 12.9. The first-order chi connectivity index (χ1) is 24.6. The molecule has 2 amide bonds. The van der Waals surface area contributed by atoms with Gasteiger partial charge in [-0.15, -0.1) is 0 Å². The van der Waals surface area contributed by atoms with Crippen LogP contribution in [0.1, 0.15) is 52.5 Å². The number of carbonyl (C=O) groups is 2. The van der Waals surface area contributed by atoms with Gasteiger partial charge in [0.25, 0.3) is 11.8 Å². The summed E-state index contributed by atoms with van der Waals surface area (Å²) < 4.78 is 17.6. The van der Waals surface area contributed by atoms with Gasteiger partial charge in [0.15, 0.2) is 18.0 Å². The van der Waals surface area contributed by atoms with Crippen LogP contribution in [0.5, 0.6) is 5.75 Å². The molecule has 1 spiro atoms. The number of amides is 2. The average molecular weight is 739 g/mol. The minimum absolute atomic E-state index is 0.0930. The molecule has 6 N–H and O–H groups in total. The molecule has 12 nitrogen and oxygen atoms in total. The van der Waals surface area contributed by atoms with Gasteiger partial charge in [-0.2, -0.15) is 0 Å². The van der Waals surface area contributed by atoms with Crippen LogP contribution in [0.25, 0.3) is 0 Å². The molecule has 0 aliphatic carbocycles. The lowest BCUT2D eigenvalue weighted by atomic mass is 9.82. The summed E-state index contributed by atoms with van der Waals surface area (Å²) in [7, 11) is -0.800. The zero-order chi connectivity index (χ0) is 38.1. The van der Waals surface area contributed by atoms with Crippen molar-refractivity contribution in [2.45, 2.75) is 108 Å². The number of carbonyl (C=O) groups excluding carboxylic acids is 2. The number of allylic oxidation sites excluding steroid dienone is 3. The number of benzene rings is 2. The number of aliphatic hydroxyl groups is 5. The van der Waals surface area contributed by atoms with Gasteiger partial charge in [-0.3, -0.25) is 9.59 Å². The van der Waals surface area contributed by atoms with E-state index in [0.717, 1.165) is 29.4 Å². The predicted molar refractivity (Wildman–Crippen MR) is 200 cm³/mol. The van der Waals surface area contributed by atoms with E-state index in [1.807, 2.05) is 26.0 Å². The number of nitrogens with zero attached hydrogens (tertiary/aromatic N) is 1. The van der Waals surface area contributed by atoms with Crippen LogP contribution < -0.4 is 20.1 Å². The minimum atomic E-state index is -2.42. The molecule has 2 aromatic rings. The molecule has 2 saturated heterocycles. The van der Waals surface area contributed by atoms with Gasteiger partial charge in [0.05, 0.1) is 27.0 Å². The Labute approximate surface area is 306 Å². The van der Waals surface area contributed by atoms with Crippen LogP contribution in [0, 0.1) is 5.92 Å². The highest BCUT2D eigenvalue weighted by atomic mass is 28.3. The lowest BCUT2D eigenvalue weighted by Gasteiger charge is -2.37. The monoisotopic (exact) mass is 738 g/mol. The second-order valence-corrected chi connectivity index (χ2v) is 19.8. The fourth-order valence-corrected chi connectivity index (χ4v) is 12.3. The topological polar surface area (TPSA) is 178 Å². The highest BCUT2D eigenvalue weighted by Crippen LogP contribution is 2.60. The standard InChI is InChI=1S/C39H54N2O10Si/c1-22(2)9-8-10-23(3)17-19-41-29-16-11-25(40-36(46)34-32(44)31(43)33(45)37(47)50-34)21-28(29)39(38(41)48)24(4)35(30(51-39)18-20-42)52(6,7)27-14-12-26(49-5)13-15-27/h9,11-17,21,24,30-35,37,42-45,47H,8,10,18-20H2,1-7H3,(H,40,46)/b23-17+/t24-,30+,31+,32+,33-,34+,35-,37-,39+/m1/s1. The van der Waals surface area contributed by atoms with Crippen LogP contribution in [0.2, 0.25) is 18.6 Å². The van der Waals surface area contributed by atoms with Crippen LogP contribution in [0.15, 0.2) is 65.8 Å². The number of rotatable bonds is 12. The Bertz CT molecular complexity index is 1680. The number of nitrogens with one attached hydrogen (secondary N) is 1. The highest BCUT2D eigenvalue weighted by molar-refractivity contribution is 6.91. The smallest absolute Gasteiger partial charge is 0.264 e. The number of hydrogen-bond acceptors (Lipinski definition) is 10. The summed E-state index contributed by atoms with van der Waals surface area (Å²) in [5, 5.41) is 54.7. The Hall–Kier alpha value is -3.40. The summed E-state index contributed by atoms with van der Waals surface area (Å²) in [6, 6.07) is 13.1. The Balaban J connectivity index is 1.55. The summed E-state index contributed by atoms with van der Waals surface area (Å²) in [6.07, 6.45) is -3.08. The molecule has 0 radical (unpaired) electrons. The van der Waals surface area contributed by atoms with Crippen molar-refractivity contribution in [3.63, 3.8) is 0 Å². The van der Waals surface area contributed by atoms with Crippen molar-refractivity contribution in [2.24, 2.45) is 5.92 Å². The molecule has 3 aliphatic heterocycles. The number of aliphatic hydroxyl groups excluding tert-OH is 5. The van der Waals surface area contributed by atoms with Gasteiger partial charge in [0, 0.05) is 30.3 Å². The highest BCUT2D eigenvalue weighted by Gasteiger charge is 2.66. The second kappa shape index (κ2) is 15.9. The maximum absolute atomic E-state index is 15.0. The maximum Gasteiger partial charge on any atom is 0.264 e. The molecule has 0 unspecified atom stereocenters. The molecule has 52 heavy (non-hydrogen) atoms. The molecule has 5 rings (SSSR count). The molecule has 13 heteroatoms. The van der Waals surface area contributed by atoms with Gasteiger partial charge in [-0.1, -0.05) is 60.6 Å². The van der Waals surface area contributed by atoms with E-state index in [0.29, 0.717) is 24.2 Å². The van der Waals surface area contributed by atoms with Gasteiger partial charge in [-0.25, -0.2) is 0 Å². The van der Waals surface area contributed by atoms with E-state index in [-0.39, 0.29) is 29.7 Å². The SMILES string of the molecule is COc1ccc([Si](C)(C)[C@H]2[C@H](CCO)O[C@@]3(C(=O)N(C/C=C(\C)CCC=C(C)C)c4ccc(NC(=O)[C@H]5O[C@@H](O)[C@H](O)[C@@H](O)[C@@H]5O)cc43)[C@@H]2C)cc1. The Morgan fingerprint density at radius 1 is 1.02 bits per heavy atom. The average Bonchev–Trinajstić information content (AvgIpc) is 3.53. The van der Waals surface area contributed by atoms with Crippen molar-refractivity contribution in [3.05, 3.63) is 71.3 Å². The van der Waals surface area contributed by atoms with Crippen molar-refractivity contribution in [1.82, 2.24) is 0 Å². The van der Waals surface area contributed by atoms with E-state index in [1.54, 1.807) is 30.2 Å². The summed E-state index contributed by atoms with van der Waals surface area (Å²) in [5.41, 5.74) is 2.35. The number of hydrogen-bond donors (Lipinski definition) is 6. The number of ether oxygens (including phenoxy) is 3. The summed E-state index contributed by atoms with van der Waals surface area (Å²) >= 11 is 0. The molecule has 0 aromatic heterocycles. The van der Waals surface area contributed by atoms with Gasteiger partial charge < -0.3 is 50.0 Å². The number of methoxy groups -OCH3 is 1. The van der Waals surface area contributed by atoms with Crippen molar-refractivity contribution >= 4 is 36.4 Å². The van der Waals surface area contributed by atoms with E-state index < -0.39 is 56.4 Å². The van der Waals surface area contributed by atoms with Crippen molar-refractivity contribution < 1.29 is 49.3 Å². The summed E-state index contributed by atoms with van der Waals surface area (Å²) in [4.78, 5) is 30.0. The molecule has 2 fully saturated rings. The Kier molecular flexibility index (Phi) is 12.2. The third-order valence-corrected chi connectivity index (χ3v) is 15.4. The van der Waals surface area contributed by atoms with Crippen molar-refractivity contribution in [2.75, 3.05) is 30.5 Å². The normalized spacial score (nSPS) is 30.4. The second-order valence-electron chi connectivity index (χ2n) is 15.1.